The van der Waals surface area contributed by atoms with Crippen LogP contribution in [0.4, 0.5) is 0 Å². The molecule has 2 aromatic heterocycles. The van der Waals surface area contributed by atoms with Crippen molar-refractivity contribution in [1.29, 1.82) is 0 Å². The first kappa shape index (κ1) is 15.2. The molecular weight excluding hydrogens is 300 g/mol. The summed E-state index contributed by atoms with van der Waals surface area (Å²) in [6.07, 6.45) is 5.49. The number of rotatable bonds is 3. The van der Waals surface area contributed by atoms with Gasteiger partial charge in [-0.25, -0.2) is 4.98 Å². The highest BCUT2D eigenvalue weighted by molar-refractivity contribution is 6.31. The Morgan fingerprint density at radius 3 is 2.86 bits per heavy atom. The van der Waals surface area contributed by atoms with Gasteiger partial charge in [-0.1, -0.05) is 11.6 Å². The lowest BCUT2D eigenvalue weighted by Crippen LogP contribution is -2.33. The van der Waals surface area contributed by atoms with Crippen LogP contribution in [0.2, 0.25) is 5.02 Å². The lowest BCUT2D eigenvalue weighted by Gasteiger charge is -2.31. The molecule has 3 heterocycles. The van der Waals surface area contributed by atoms with Crippen LogP contribution in [0.15, 0.2) is 29.3 Å². The van der Waals surface area contributed by atoms with Gasteiger partial charge in [0.25, 0.3) is 5.56 Å². The predicted molar refractivity (Wildman–Crippen MR) is 86.1 cm³/mol. The molecule has 22 heavy (non-hydrogen) atoms. The van der Waals surface area contributed by atoms with Gasteiger partial charge in [0.2, 0.25) is 0 Å². The predicted octanol–water partition coefficient (Wildman–Crippen LogP) is 2.51. The number of nitrogens with one attached hydrogen (secondary N) is 1. The number of likely N-dealkylation sites (tertiary alicyclic amines) is 1. The van der Waals surface area contributed by atoms with Crippen LogP contribution >= 0.6 is 11.6 Å². The molecule has 0 amide bonds. The summed E-state index contributed by atoms with van der Waals surface area (Å²) in [5.41, 5.74) is 1.97. The van der Waals surface area contributed by atoms with Gasteiger partial charge in [-0.15, -0.1) is 0 Å². The van der Waals surface area contributed by atoms with Crippen molar-refractivity contribution >= 4 is 11.6 Å². The number of H-pyrrole nitrogens is 1. The van der Waals surface area contributed by atoms with E-state index < -0.39 is 0 Å². The molecular formula is C16H19ClN4O. The molecule has 2 aromatic rings. The third kappa shape index (κ3) is 3.54. The van der Waals surface area contributed by atoms with Crippen LogP contribution in [0.5, 0.6) is 0 Å². The van der Waals surface area contributed by atoms with Crippen molar-refractivity contribution < 1.29 is 0 Å². The van der Waals surface area contributed by atoms with E-state index in [-0.39, 0.29) is 5.56 Å². The first-order chi connectivity index (χ1) is 10.6. The standard InChI is InChI=1S/C16H19ClN4O/c1-11-19-15(8-16(22)20-11)12-3-6-21(7-4-12)10-13-2-5-18-9-14(13)17/h2,5,8-9,12H,3-4,6-7,10H2,1H3,(H,19,20,22). The van der Waals surface area contributed by atoms with Crippen molar-refractivity contribution in [1.82, 2.24) is 19.9 Å². The minimum absolute atomic E-state index is 0.0616. The van der Waals surface area contributed by atoms with Crippen LogP contribution in [0.25, 0.3) is 0 Å². The SMILES string of the molecule is Cc1nc(C2CCN(Cc3ccncc3Cl)CC2)cc(=O)[nH]1. The summed E-state index contributed by atoms with van der Waals surface area (Å²) >= 11 is 6.17. The van der Waals surface area contributed by atoms with Crippen LogP contribution in [0.1, 0.15) is 35.8 Å². The minimum atomic E-state index is -0.0616. The van der Waals surface area contributed by atoms with Gasteiger partial charge in [0, 0.05) is 30.9 Å². The molecule has 0 unspecified atom stereocenters. The van der Waals surface area contributed by atoms with E-state index in [2.05, 4.69) is 19.9 Å². The molecule has 1 saturated heterocycles. The molecule has 0 bridgehead atoms. The number of piperidine rings is 1. The molecule has 1 aliphatic heterocycles. The molecule has 0 saturated carbocycles. The highest BCUT2D eigenvalue weighted by Crippen LogP contribution is 2.27. The summed E-state index contributed by atoms with van der Waals surface area (Å²) in [6.45, 7) is 4.63. The Balaban J connectivity index is 1.63. The van der Waals surface area contributed by atoms with Crippen LogP contribution < -0.4 is 5.56 Å². The number of halogens is 1. The summed E-state index contributed by atoms with van der Waals surface area (Å²) in [5, 5.41) is 0.719. The summed E-state index contributed by atoms with van der Waals surface area (Å²) in [6, 6.07) is 3.60. The van der Waals surface area contributed by atoms with Crippen molar-refractivity contribution in [3.8, 4) is 0 Å². The molecule has 0 aliphatic carbocycles. The zero-order chi connectivity index (χ0) is 15.5. The van der Waals surface area contributed by atoms with Crippen LogP contribution in [-0.2, 0) is 6.54 Å². The molecule has 0 radical (unpaired) electrons. The molecule has 5 nitrogen and oxygen atoms in total. The maximum absolute atomic E-state index is 11.6. The fourth-order valence-corrected chi connectivity index (χ4v) is 3.15. The Morgan fingerprint density at radius 2 is 2.18 bits per heavy atom. The second-order valence-electron chi connectivity index (χ2n) is 5.77. The molecule has 1 aliphatic rings. The minimum Gasteiger partial charge on any atom is -0.311 e. The van der Waals surface area contributed by atoms with Gasteiger partial charge in [-0.05, 0) is 44.5 Å². The van der Waals surface area contributed by atoms with Crippen molar-refractivity contribution in [2.24, 2.45) is 0 Å². The lowest BCUT2D eigenvalue weighted by atomic mass is 9.93. The van der Waals surface area contributed by atoms with E-state index in [1.165, 1.54) is 0 Å². The summed E-state index contributed by atoms with van der Waals surface area (Å²) in [5.74, 6) is 1.05. The second kappa shape index (κ2) is 6.58. The average molecular weight is 319 g/mol. The fourth-order valence-electron chi connectivity index (χ4n) is 2.97. The number of aromatic amines is 1. The molecule has 1 fully saturated rings. The van der Waals surface area contributed by atoms with Gasteiger partial charge in [-0.3, -0.25) is 14.7 Å². The van der Waals surface area contributed by atoms with Crippen LogP contribution in [-0.4, -0.2) is 32.9 Å². The van der Waals surface area contributed by atoms with Gasteiger partial charge < -0.3 is 4.98 Å². The lowest BCUT2D eigenvalue weighted by molar-refractivity contribution is 0.203. The van der Waals surface area contributed by atoms with Crippen molar-refractivity contribution in [3.05, 3.63) is 57.0 Å². The number of pyridine rings is 1. The molecule has 1 N–H and O–H groups in total. The smallest absolute Gasteiger partial charge is 0.251 e. The van der Waals surface area contributed by atoms with E-state index >= 15 is 0 Å². The molecule has 116 valence electrons. The van der Waals surface area contributed by atoms with Gasteiger partial charge in [-0.2, -0.15) is 0 Å². The van der Waals surface area contributed by atoms with E-state index in [0.717, 1.165) is 48.8 Å². The molecule has 0 aromatic carbocycles. The van der Waals surface area contributed by atoms with Gasteiger partial charge >= 0.3 is 0 Å². The van der Waals surface area contributed by atoms with Crippen molar-refractivity contribution in [2.45, 2.75) is 32.2 Å². The summed E-state index contributed by atoms with van der Waals surface area (Å²) < 4.78 is 0. The first-order valence-electron chi connectivity index (χ1n) is 7.50. The highest BCUT2D eigenvalue weighted by atomic mass is 35.5. The zero-order valence-corrected chi connectivity index (χ0v) is 13.3. The van der Waals surface area contributed by atoms with E-state index in [1.54, 1.807) is 18.5 Å². The Morgan fingerprint density at radius 1 is 1.41 bits per heavy atom. The number of aromatic nitrogens is 3. The summed E-state index contributed by atoms with van der Waals surface area (Å²) in [7, 11) is 0. The zero-order valence-electron chi connectivity index (χ0n) is 12.6. The van der Waals surface area contributed by atoms with Gasteiger partial charge in [0.1, 0.15) is 5.82 Å². The normalized spacial score (nSPS) is 16.8. The van der Waals surface area contributed by atoms with E-state index in [0.29, 0.717) is 11.7 Å². The molecule has 3 rings (SSSR count). The van der Waals surface area contributed by atoms with E-state index in [1.807, 2.05) is 13.0 Å². The third-order valence-electron chi connectivity index (χ3n) is 4.14. The first-order valence-corrected chi connectivity index (χ1v) is 7.88. The number of hydrogen-bond acceptors (Lipinski definition) is 4. The second-order valence-corrected chi connectivity index (χ2v) is 6.18. The quantitative estimate of drug-likeness (QED) is 0.944. The molecule has 0 spiro atoms. The number of aryl methyl sites for hydroxylation is 1. The Labute approximate surface area is 134 Å². The summed E-state index contributed by atoms with van der Waals surface area (Å²) in [4.78, 5) is 25.1. The molecule has 6 heteroatoms. The monoisotopic (exact) mass is 318 g/mol. The number of hydrogen-bond donors (Lipinski definition) is 1. The van der Waals surface area contributed by atoms with Crippen LogP contribution in [0, 0.1) is 6.92 Å². The average Bonchev–Trinajstić information content (AvgIpc) is 2.49. The molecule has 0 atom stereocenters. The third-order valence-corrected chi connectivity index (χ3v) is 4.48. The topological polar surface area (TPSA) is 61.9 Å². The fraction of sp³-hybridized carbons (Fsp3) is 0.438. The van der Waals surface area contributed by atoms with Crippen LogP contribution in [0.3, 0.4) is 0 Å². The highest BCUT2D eigenvalue weighted by Gasteiger charge is 2.22. The van der Waals surface area contributed by atoms with Gasteiger partial charge in [0.15, 0.2) is 0 Å². The number of nitrogens with zero attached hydrogens (tertiary/aromatic N) is 3. The maximum atomic E-state index is 11.6. The van der Waals surface area contributed by atoms with Crippen molar-refractivity contribution in [2.75, 3.05) is 13.1 Å². The Bertz CT molecular complexity index is 707. The van der Waals surface area contributed by atoms with Crippen molar-refractivity contribution in [3.63, 3.8) is 0 Å². The van der Waals surface area contributed by atoms with E-state index in [9.17, 15) is 4.79 Å². The van der Waals surface area contributed by atoms with Gasteiger partial charge in [0.05, 0.1) is 10.7 Å². The van der Waals surface area contributed by atoms with E-state index in [4.69, 9.17) is 11.6 Å². The Kier molecular flexibility index (Phi) is 4.55. The Hall–Kier alpha value is -1.72. The largest absolute Gasteiger partial charge is 0.311 e. The maximum Gasteiger partial charge on any atom is 0.251 e.